The third-order valence-corrected chi connectivity index (χ3v) is 5.16. The van der Waals surface area contributed by atoms with Crippen LogP contribution < -0.4 is 20.1 Å². The zero-order chi connectivity index (χ0) is 24.5. The van der Waals surface area contributed by atoms with Crippen LogP contribution in [0.3, 0.4) is 0 Å². The molecule has 0 atom stereocenters. The van der Waals surface area contributed by atoms with Gasteiger partial charge in [-0.15, -0.1) is 0 Å². The van der Waals surface area contributed by atoms with Crippen molar-refractivity contribution < 1.29 is 19.1 Å². The lowest BCUT2D eigenvalue weighted by molar-refractivity contribution is 0.101. The summed E-state index contributed by atoms with van der Waals surface area (Å²) in [4.78, 5) is 25.4. The zero-order valence-electron chi connectivity index (χ0n) is 18.7. The summed E-state index contributed by atoms with van der Waals surface area (Å²) >= 11 is 5.97. The van der Waals surface area contributed by atoms with Crippen LogP contribution >= 0.6 is 11.6 Å². The molecule has 0 aromatic heterocycles. The number of ether oxygens (including phenoxy) is 2. The molecule has 2 N–H and O–H groups in total. The summed E-state index contributed by atoms with van der Waals surface area (Å²) in [6.45, 7) is 0.716. The van der Waals surface area contributed by atoms with Crippen LogP contribution in [0.15, 0.2) is 103 Å². The Morgan fingerprint density at radius 2 is 1.14 bits per heavy atom. The van der Waals surface area contributed by atoms with Crippen LogP contribution in [0.1, 0.15) is 20.7 Å². The fourth-order valence-corrected chi connectivity index (χ4v) is 3.46. The van der Waals surface area contributed by atoms with Gasteiger partial charge in [-0.05, 0) is 66.7 Å². The van der Waals surface area contributed by atoms with Gasteiger partial charge in [0.2, 0.25) is 0 Å². The zero-order valence-corrected chi connectivity index (χ0v) is 19.5. The Morgan fingerprint density at radius 1 is 0.600 bits per heavy atom. The lowest BCUT2D eigenvalue weighted by Gasteiger charge is -2.11. The Hall–Kier alpha value is -4.29. The van der Waals surface area contributed by atoms with Gasteiger partial charge in [-0.25, -0.2) is 0 Å². The molecule has 0 spiro atoms. The number of hydrogen-bond acceptors (Lipinski definition) is 4. The number of halogens is 1. The number of hydrogen-bond donors (Lipinski definition) is 2. The van der Waals surface area contributed by atoms with E-state index in [0.29, 0.717) is 46.5 Å². The maximum atomic E-state index is 12.8. The van der Waals surface area contributed by atoms with Crippen LogP contribution in [0, 0.1) is 0 Å². The standard InChI is InChI=1S/C28H23ClN2O4/c29-22-9-6-11-24(19-22)31-27(32)20-7-4-10-23(17-20)30-28(33)21-8-5-14-26(18-21)35-16-15-34-25-12-2-1-3-13-25/h1-14,17-19H,15-16H2,(H,30,33)(H,31,32). The molecular formula is C28H23ClN2O4. The maximum Gasteiger partial charge on any atom is 0.255 e. The predicted octanol–water partition coefficient (Wildman–Crippen LogP) is 6.30. The van der Waals surface area contributed by atoms with Crippen LogP contribution in [0.2, 0.25) is 5.02 Å². The number of carbonyl (C=O) groups excluding carboxylic acids is 2. The first-order valence-electron chi connectivity index (χ1n) is 11.0. The van der Waals surface area contributed by atoms with E-state index in [1.165, 1.54) is 0 Å². The molecule has 6 nitrogen and oxygen atoms in total. The van der Waals surface area contributed by atoms with Crippen molar-refractivity contribution in [2.45, 2.75) is 0 Å². The number of rotatable bonds is 9. The fraction of sp³-hybridized carbons (Fsp3) is 0.0714. The summed E-state index contributed by atoms with van der Waals surface area (Å²) in [6.07, 6.45) is 0. The molecule has 0 saturated heterocycles. The van der Waals surface area contributed by atoms with Crippen molar-refractivity contribution in [2.24, 2.45) is 0 Å². The molecule has 0 aliphatic heterocycles. The van der Waals surface area contributed by atoms with Gasteiger partial charge in [-0.3, -0.25) is 9.59 Å². The van der Waals surface area contributed by atoms with Gasteiger partial charge in [0, 0.05) is 27.5 Å². The first kappa shape index (κ1) is 23.9. The molecule has 2 amide bonds. The molecule has 4 rings (SSSR count). The molecule has 4 aromatic carbocycles. The summed E-state index contributed by atoms with van der Waals surface area (Å²) in [6, 6.07) is 29.9. The van der Waals surface area contributed by atoms with Crippen molar-refractivity contribution in [1.82, 2.24) is 0 Å². The number of nitrogens with one attached hydrogen (secondary N) is 2. The minimum absolute atomic E-state index is 0.309. The van der Waals surface area contributed by atoms with Gasteiger partial charge in [0.1, 0.15) is 24.7 Å². The Balaban J connectivity index is 1.33. The Labute approximate surface area is 208 Å². The topological polar surface area (TPSA) is 76.7 Å². The highest BCUT2D eigenvalue weighted by atomic mass is 35.5. The molecule has 7 heteroatoms. The Bertz CT molecular complexity index is 1310. The highest BCUT2D eigenvalue weighted by Crippen LogP contribution is 2.19. The minimum Gasteiger partial charge on any atom is -0.490 e. The van der Waals surface area contributed by atoms with Gasteiger partial charge in [-0.1, -0.05) is 48.0 Å². The van der Waals surface area contributed by atoms with Gasteiger partial charge in [0.25, 0.3) is 11.8 Å². The van der Waals surface area contributed by atoms with Gasteiger partial charge in [0.15, 0.2) is 0 Å². The minimum atomic E-state index is -0.316. The second kappa shape index (κ2) is 11.7. The summed E-state index contributed by atoms with van der Waals surface area (Å²) < 4.78 is 11.3. The monoisotopic (exact) mass is 486 g/mol. The van der Waals surface area contributed by atoms with E-state index in [9.17, 15) is 9.59 Å². The molecule has 0 unspecified atom stereocenters. The smallest absolute Gasteiger partial charge is 0.255 e. The number of para-hydroxylation sites is 1. The largest absolute Gasteiger partial charge is 0.490 e. The maximum absolute atomic E-state index is 12.8. The number of anilines is 2. The molecule has 0 aliphatic rings. The van der Waals surface area contributed by atoms with Crippen molar-refractivity contribution in [3.8, 4) is 11.5 Å². The van der Waals surface area contributed by atoms with Crippen LogP contribution in [0.5, 0.6) is 11.5 Å². The summed E-state index contributed by atoms with van der Waals surface area (Å²) in [7, 11) is 0. The second-order valence-electron chi connectivity index (χ2n) is 7.54. The highest BCUT2D eigenvalue weighted by molar-refractivity contribution is 6.31. The van der Waals surface area contributed by atoms with E-state index < -0.39 is 0 Å². The molecule has 0 radical (unpaired) electrons. The molecule has 176 valence electrons. The average molecular weight is 487 g/mol. The number of benzene rings is 4. The van der Waals surface area contributed by atoms with E-state index in [1.807, 2.05) is 30.3 Å². The van der Waals surface area contributed by atoms with Crippen molar-refractivity contribution in [3.05, 3.63) is 119 Å². The van der Waals surface area contributed by atoms with Crippen molar-refractivity contribution in [2.75, 3.05) is 23.8 Å². The SMILES string of the molecule is O=C(Nc1cccc(Cl)c1)c1cccc(NC(=O)c2cccc(OCCOc3ccccc3)c2)c1. The molecule has 0 saturated carbocycles. The first-order valence-corrected chi connectivity index (χ1v) is 11.3. The fourth-order valence-electron chi connectivity index (χ4n) is 3.27. The Kier molecular flexibility index (Phi) is 7.99. The molecule has 0 fully saturated rings. The Morgan fingerprint density at radius 3 is 1.83 bits per heavy atom. The predicted molar refractivity (Wildman–Crippen MR) is 138 cm³/mol. The van der Waals surface area contributed by atoms with E-state index in [2.05, 4.69) is 10.6 Å². The number of amides is 2. The van der Waals surface area contributed by atoms with Crippen LogP contribution in [-0.2, 0) is 0 Å². The quantitative estimate of drug-likeness (QED) is 0.272. The molecule has 0 bridgehead atoms. The normalized spacial score (nSPS) is 10.3. The van der Waals surface area contributed by atoms with Crippen LogP contribution in [0.25, 0.3) is 0 Å². The third-order valence-electron chi connectivity index (χ3n) is 4.93. The lowest BCUT2D eigenvalue weighted by Crippen LogP contribution is -2.15. The first-order chi connectivity index (χ1) is 17.1. The molecule has 4 aromatic rings. The van der Waals surface area contributed by atoms with E-state index in [4.69, 9.17) is 21.1 Å². The third kappa shape index (κ3) is 7.09. The highest BCUT2D eigenvalue weighted by Gasteiger charge is 2.11. The molecular weight excluding hydrogens is 464 g/mol. The lowest BCUT2D eigenvalue weighted by atomic mass is 10.1. The van der Waals surface area contributed by atoms with Gasteiger partial charge in [-0.2, -0.15) is 0 Å². The van der Waals surface area contributed by atoms with Crippen LogP contribution in [-0.4, -0.2) is 25.0 Å². The molecule has 0 heterocycles. The van der Waals surface area contributed by atoms with E-state index in [0.717, 1.165) is 5.75 Å². The molecule has 0 aliphatic carbocycles. The van der Waals surface area contributed by atoms with Crippen molar-refractivity contribution in [3.63, 3.8) is 0 Å². The summed E-state index contributed by atoms with van der Waals surface area (Å²) in [5.74, 6) is 0.705. The molecule has 35 heavy (non-hydrogen) atoms. The second-order valence-corrected chi connectivity index (χ2v) is 7.97. The van der Waals surface area contributed by atoms with Crippen molar-refractivity contribution in [1.29, 1.82) is 0 Å². The average Bonchev–Trinajstić information content (AvgIpc) is 2.87. The van der Waals surface area contributed by atoms with Gasteiger partial charge >= 0.3 is 0 Å². The van der Waals surface area contributed by atoms with Crippen LogP contribution in [0.4, 0.5) is 11.4 Å². The van der Waals surface area contributed by atoms with E-state index in [-0.39, 0.29) is 11.8 Å². The van der Waals surface area contributed by atoms with E-state index >= 15 is 0 Å². The van der Waals surface area contributed by atoms with Gasteiger partial charge in [0.05, 0.1) is 0 Å². The summed E-state index contributed by atoms with van der Waals surface area (Å²) in [5, 5.41) is 6.14. The van der Waals surface area contributed by atoms with E-state index in [1.54, 1.807) is 72.8 Å². The van der Waals surface area contributed by atoms with Crippen molar-refractivity contribution >= 4 is 34.8 Å². The van der Waals surface area contributed by atoms with Gasteiger partial charge < -0.3 is 20.1 Å². The summed E-state index contributed by atoms with van der Waals surface area (Å²) in [5.41, 5.74) is 1.91. The number of carbonyl (C=O) groups is 2.